The van der Waals surface area contributed by atoms with Crippen LogP contribution >= 0.6 is 0 Å². The van der Waals surface area contributed by atoms with Gasteiger partial charge in [0.05, 0.1) is 23.6 Å². The van der Waals surface area contributed by atoms with Gasteiger partial charge in [-0.1, -0.05) is 38.1 Å². The first-order chi connectivity index (χ1) is 20.6. The van der Waals surface area contributed by atoms with Crippen molar-refractivity contribution in [2.45, 2.75) is 95.1 Å². The minimum atomic E-state index is -3.38. The van der Waals surface area contributed by atoms with Crippen molar-refractivity contribution in [2.75, 3.05) is 22.4 Å². The zero-order chi connectivity index (χ0) is 31.2. The number of carbonyl (C=O) groups is 1. The standard InChI is InChI=1S/C33H40FN5O4S/c1-29(2,3)26-36-27(43-37-26)31-12-9-30(10-13-31,11-14-31)21-39(28(40)32-18-33(34,19-32)20-32)25-15-23(16-35-17-25)22-5-7-24(8-6-22)38-44(4,41)42/h5-8,15-17,38H,9-14,18-21H2,1-4H3. The molecule has 2 aromatic heterocycles. The topological polar surface area (TPSA) is 118 Å². The van der Waals surface area contributed by atoms with E-state index in [0.717, 1.165) is 67.6 Å². The maximum absolute atomic E-state index is 14.6. The molecule has 11 heteroatoms. The number of halogens is 1. The predicted octanol–water partition coefficient (Wildman–Crippen LogP) is 6.32. The zero-order valence-corrected chi connectivity index (χ0v) is 26.6. The van der Waals surface area contributed by atoms with Crippen LogP contribution in [-0.4, -0.2) is 47.9 Å². The second-order valence-electron chi connectivity index (χ2n) is 15.2. The second kappa shape index (κ2) is 9.58. The van der Waals surface area contributed by atoms with E-state index in [0.29, 0.717) is 37.2 Å². The van der Waals surface area contributed by atoms with E-state index >= 15 is 0 Å². The summed E-state index contributed by atoms with van der Waals surface area (Å²) < 4.78 is 46.2. The summed E-state index contributed by atoms with van der Waals surface area (Å²) in [5.74, 6) is 1.49. The Balaban J connectivity index is 1.14. The number of alkyl halides is 1. The summed E-state index contributed by atoms with van der Waals surface area (Å²) in [5.41, 5.74) is 0.744. The first-order valence-corrected chi connectivity index (χ1v) is 17.4. The summed E-state index contributed by atoms with van der Waals surface area (Å²) in [6, 6.07) is 9.05. The number of benzene rings is 1. The van der Waals surface area contributed by atoms with E-state index in [1.807, 2.05) is 23.1 Å². The number of carbonyl (C=O) groups excluding carboxylic acids is 1. The van der Waals surface area contributed by atoms with Gasteiger partial charge in [-0.15, -0.1) is 0 Å². The van der Waals surface area contributed by atoms with Crippen LogP contribution in [0.5, 0.6) is 0 Å². The summed E-state index contributed by atoms with van der Waals surface area (Å²) in [6.45, 7) is 6.83. The predicted molar refractivity (Wildman–Crippen MR) is 165 cm³/mol. The van der Waals surface area contributed by atoms with Crippen molar-refractivity contribution in [2.24, 2.45) is 10.8 Å². The summed E-state index contributed by atoms with van der Waals surface area (Å²) in [5, 5.41) is 4.30. The van der Waals surface area contributed by atoms with Gasteiger partial charge in [0.15, 0.2) is 5.82 Å². The minimum Gasteiger partial charge on any atom is -0.339 e. The third-order valence-electron chi connectivity index (χ3n) is 10.7. The monoisotopic (exact) mass is 621 g/mol. The average Bonchev–Trinajstić information content (AvgIpc) is 3.47. The molecule has 0 spiro atoms. The third kappa shape index (κ3) is 5.01. The van der Waals surface area contributed by atoms with E-state index in [2.05, 4.69) is 35.6 Å². The maximum Gasteiger partial charge on any atom is 0.233 e. The van der Waals surface area contributed by atoms with Gasteiger partial charge in [0, 0.05) is 34.8 Å². The van der Waals surface area contributed by atoms with Crippen LogP contribution in [0.3, 0.4) is 0 Å². The molecule has 0 radical (unpaired) electrons. The van der Waals surface area contributed by atoms with Crippen molar-refractivity contribution in [3.05, 3.63) is 54.4 Å². The van der Waals surface area contributed by atoms with E-state index in [9.17, 15) is 17.6 Å². The van der Waals surface area contributed by atoms with Crippen molar-refractivity contribution in [3.63, 3.8) is 0 Å². The molecule has 1 amide bonds. The van der Waals surface area contributed by atoms with E-state index < -0.39 is 21.1 Å². The molecule has 6 fully saturated rings. The number of hydrogen-bond donors (Lipinski definition) is 1. The molecule has 2 heterocycles. The number of hydrogen-bond acceptors (Lipinski definition) is 7. The highest BCUT2D eigenvalue weighted by atomic mass is 32.2. The van der Waals surface area contributed by atoms with Gasteiger partial charge in [0.25, 0.3) is 0 Å². The van der Waals surface area contributed by atoms with Crippen LogP contribution in [0.25, 0.3) is 11.1 Å². The summed E-state index contributed by atoms with van der Waals surface area (Å²) >= 11 is 0. The van der Waals surface area contributed by atoms with Crippen LogP contribution in [0.1, 0.15) is 90.3 Å². The number of fused-ring (bicyclic) bond motifs is 3. The molecule has 234 valence electrons. The molecule has 4 bridgehead atoms. The molecule has 9 nitrogen and oxygen atoms in total. The fourth-order valence-electron chi connectivity index (χ4n) is 8.04. The number of rotatable bonds is 8. The van der Waals surface area contributed by atoms with Crippen molar-refractivity contribution >= 4 is 27.3 Å². The highest BCUT2D eigenvalue weighted by Gasteiger charge is 2.73. The SMILES string of the molecule is CC(C)(C)c1noc(C23CCC(CN(C(=O)C45CC(F)(C4)C5)c4cncc(-c5ccc(NS(C)(=O)=O)cc5)c4)(CC2)CC3)n1. The number of anilines is 2. The van der Waals surface area contributed by atoms with Gasteiger partial charge in [0.1, 0.15) is 5.67 Å². The highest BCUT2D eigenvalue weighted by molar-refractivity contribution is 7.92. The fraction of sp³-hybridized carbons (Fsp3) is 0.576. The molecule has 44 heavy (non-hydrogen) atoms. The van der Waals surface area contributed by atoms with Gasteiger partial charge in [-0.2, -0.15) is 4.98 Å². The van der Waals surface area contributed by atoms with Crippen molar-refractivity contribution in [3.8, 4) is 11.1 Å². The molecular weight excluding hydrogens is 581 g/mol. The maximum atomic E-state index is 14.6. The lowest BCUT2D eigenvalue weighted by Gasteiger charge is -2.65. The Kier molecular flexibility index (Phi) is 6.40. The van der Waals surface area contributed by atoms with Crippen molar-refractivity contribution < 1.29 is 22.1 Å². The third-order valence-corrected chi connectivity index (χ3v) is 11.3. The largest absolute Gasteiger partial charge is 0.339 e. The van der Waals surface area contributed by atoms with E-state index in [-0.39, 0.29) is 22.2 Å². The molecule has 0 unspecified atom stereocenters. The Hall–Kier alpha value is -3.34. The molecule has 0 aliphatic heterocycles. The number of nitrogens with zero attached hydrogens (tertiary/aromatic N) is 4. The Morgan fingerprint density at radius 1 is 1.00 bits per heavy atom. The summed E-state index contributed by atoms with van der Waals surface area (Å²) in [4.78, 5) is 25.5. The molecule has 0 atom stereocenters. The quantitative estimate of drug-likeness (QED) is 0.313. The van der Waals surface area contributed by atoms with Gasteiger partial charge in [-0.05, 0) is 87.0 Å². The van der Waals surface area contributed by atoms with Crippen LogP contribution in [-0.2, 0) is 25.6 Å². The zero-order valence-electron chi connectivity index (χ0n) is 25.8. The molecule has 3 aromatic rings. The van der Waals surface area contributed by atoms with Gasteiger partial charge in [0.2, 0.25) is 21.8 Å². The molecule has 1 aromatic carbocycles. The average molecular weight is 622 g/mol. The Labute approximate surface area is 258 Å². The minimum absolute atomic E-state index is 0.00665. The first kappa shape index (κ1) is 29.4. The summed E-state index contributed by atoms with van der Waals surface area (Å²) in [6.07, 6.45) is 11.2. The van der Waals surface area contributed by atoms with Crippen LogP contribution in [0.2, 0.25) is 0 Å². The Morgan fingerprint density at radius 3 is 2.18 bits per heavy atom. The lowest BCUT2D eigenvalue weighted by molar-refractivity contribution is -0.211. The van der Waals surface area contributed by atoms with E-state index in [4.69, 9.17) is 9.51 Å². The highest BCUT2D eigenvalue weighted by Crippen LogP contribution is 2.70. The molecule has 1 N–H and O–H groups in total. The first-order valence-electron chi connectivity index (χ1n) is 15.5. The summed E-state index contributed by atoms with van der Waals surface area (Å²) in [7, 11) is -3.38. The fourth-order valence-corrected chi connectivity index (χ4v) is 8.60. The number of pyridine rings is 1. The Bertz CT molecular complexity index is 1680. The normalized spacial score (nSPS) is 30.8. The van der Waals surface area contributed by atoms with Crippen molar-refractivity contribution in [1.29, 1.82) is 0 Å². The number of sulfonamides is 1. The number of aromatic nitrogens is 3. The van der Waals surface area contributed by atoms with Gasteiger partial charge < -0.3 is 9.42 Å². The molecular formula is C33H40FN5O4S. The van der Waals surface area contributed by atoms with Gasteiger partial charge >= 0.3 is 0 Å². The molecule has 0 saturated heterocycles. The van der Waals surface area contributed by atoms with Crippen LogP contribution < -0.4 is 9.62 Å². The van der Waals surface area contributed by atoms with Crippen molar-refractivity contribution in [1.82, 2.24) is 15.1 Å². The molecule has 6 aliphatic rings. The smallest absolute Gasteiger partial charge is 0.233 e. The van der Waals surface area contributed by atoms with E-state index in [1.165, 1.54) is 0 Å². The molecule has 6 saturated carbocycles. The lowest BCUT2D eigenvalue weighted by atomic mass is 9.41. The number of nitrogens with one attached hydrogen (secondary N) is 1. The van der Waals surface area contributed by atoms with Crippen LogP contribution in [0.4, 0.5) is 15.8 Å². The molecule has 6 aliphatic carbocycles. The number of amides is 1. The van der Waals surface area contributed by atoms with Gasteiger partial charge in [-0.25, -0.2) is 12.8 Å². The van der Waals surface area contributed by atoms with Gasteiger partial charge in [-0.3, -0.25) is 14.5 Å². The molecule has 9 rings (SSSR count). The van der Waals surface area contributed by atoms with Crippen LogP contribution in [0, 0.1) is 10.8 Å². The Morgan fingerprint density at radius 2 is 1.64 bits per heavy atom. The van der Waals surface area contributed by atoms with Crippen LogP contribution in [0.15, 0.2) is 47.2 Å². The van der Waals surface area contributed by atoms with E-state index in [1.54, 1.807) is 24.5 Å². The second-order valence-corrected chi connectivity index (χ2v) is 16.9. The lowest BCUT2D eigenvalue weighted by Crippen LogP contribution is -2.71.